The number of carbonyl (C=O) groups excluding carboxylic acids is 2. The summed E-state index contributed by atoms with van der Waals surface area (Å²) in [7, 11) is 0. The fourth-order valence-electron chi connectivity index (χ4n) is 3.06. The molecule has 1 heterocycles. The van der Waals surface area contributed by atoms with E-state index in [1.807, 2.05) is 48.5 Å². The summed E-state index contributed by atoms with van der Waals surface area (Å²) in [6.45, 7) is 1.20. The first-order valence-corrected chi connectivity index (χ1v) is 8.44. The Bertz CT molecular complexity index is 685. The van der Waals surface area contributed by atoms with Gasteiger partial charge in [0.2, 0.25) is 11.8 Å². The Morgan fingerprint density at radius 1 is 1.04 bits per heavy atom. The predicted octanol–water partition coefficient (Wildman–Crippen LogP) is 2.79. The molecule has 0 spiro atoms. The molecular weight excluding hydrogens is 300 g/mol. The quantitative estimate of drug-likeness (QED) is 0.657. The average Bonchev–Trinajstić information content (AvgIpc) is 3.02. The number of rotatable bonds is 6. The summed E-state index contributed by atoms with van der Waals surface area (Å²) in [6, 6.07) is 19.7. The first-order chi connectivity index (χ1) is 11.8. The van der Waals surface area contributed by atoms with Crippen LogP contribution in [0.15, 0.2) is 60.7 Å². The third kappa shape index (κ3) is 3.82. The molecule has 0 aromatic heterocycles. The van der Waals surface area contributed by atoms with Crippen molar-refractivity contribution in [3.05, 3.63) is 66.2 Å². The number of para-hydroxylation sites is 1. The van der Waals surface area contributed by atoms with Crippen LogP contribution in [0.3, 0.4) is 0 Å². The number of hydrogen-bond donors (Lipinski definition) is 1. The minimum atomic E-state index is -0.554. The Kier molecular flexibility index (Phi) is 5.26. The summed E-state index contributed by atoms with van der Waals surface area (Å²) < 4.78 is 0. The molecule has 0 bridgehead atoms. The van der Waals surface area contributed by atoms with Crippen LogP contribution in [0.1, 0.15) is 18.4 Å². The lowest BCUT2D eigenvalue weighted by molar-refractivity contribution is -0.132. The second kappa shape index (κ2) is 7.77. The van der Waals surface area contributed by atoms with Gasteiger partial charge in [-0.2, -0.15) is 0 Å². The Morgan fingerprint density at radius 2 is 1.71 bits per heavy atom. The Labute approximate surface area is 142 Å². The van der Waals surface area contributed by atoms with Gasteiger partial charge in [-0.3, -0.25) is 9.59 Å². The van der Waals surface area contributed by atoms with Gasteiger partial charge >= 0.3 is 0 Å². The number of nitrogens with zero attached hydrogens (tertiary/aromatic N) is 1. The minimum absolute atomic E-state index is 0.0956. The largest absolute Gasteiger partial charge is 0.355 e. The molecule has 0 unspecified atom stereocenters. The smallest absolute Gasteiger partial charge is 0.239 e. The zero-order chi connectivity index (χ0) is 16.8. The summed E-state index contributed by atoms with van der Waals surface area (Å²) in [5, 5.41) is 2.91. The zero-order valence-electron chi connectivity index (χ0n) is 13.7. The monoisotopic (exact) mass is 322 g/mol. The Hall–Kier alpha value is -2.62. The molecule has 24 heavy (non-hydrogen) atoms. The molecule has 4 heteroatoms. The Balaban J connectivity index is 1.46. The molecule has 2 aromatic rings. The molecule has 124 valence electrons. The van der Waals surface area contributed by atoms with Crippen molar-refractivity contribution < 1.29 is 9.59 Å². The zero-order valence-corrected chi connectivity index (χ0v) is 13.7. The maximum Gasteiger partial charge on any atom is 0.239 e. The van der Waals surface area contributed by atoms with E-state index in [2.05, 4.69) is 17.4 Å². The van der Waals surface area contributed by atoms with E-state index in [4.69, 9.17) is 0 Å². The molecule has 1 fully saturated rings. The summed E-state index contributed by atoms with van der Waals surface area (Å²) in [5.41, 5.74) is 2.13. The SMILES string of the molecule is O=C(NCCCc1ccccc1)[C@@H]1CCN(c2ccccc2)C1=O. The van der Waals surface area contributed by atoms with Crippen molar-refractivity contribution in [3.63, 3.8) is 0 Å². The van der Waals surface area contributed by atoms with E-state index < -0.39 is 5.92 Å². The van der Waals surface area contributed by atoms with Crippen molar-refractivity contribution in [2.45, 2.75) is 19.3 Å². The summed E-state index contributed by atoms with van der Waals surface area (Å²) in [5.74, 6) is -0.796. The van der Waals surface area contributed by atoms with Gasteiger partial charge in [-0.05, 0) is 37.0 Å². The second-order valence-electron chi connectivity index (χ2n) is 6.05. The topological polar surface area (TPSA) is 49.4 Å². The molecule has 1 saturated heterocycles. The van der Waals surface area contributed by atoms with Gasteiger partial charge in [-0.15, -0.1) is 0 Å². The van der Waals surface area contributed by atoms with Crippen LogP contribution in [0.5, 0.6) is 0 Å². The van der Waals surface area contributed by atoms with Gasteiger partial charge < -0.3 is 10.2 Å². The van der Waals surface area contributed by atoms with Gasteiger partial charge in [0.15, 0.2) is 0 Å². The van der Waals surface area contributed by atoms with Crippen LogP contribution in [0.4, 0.5) is 5.69 Å². The fraction of sp³-hybridized carbons (Fsp3) is 0.300. The molecule has 0 radical (unpaired) electrons. The first kappa shape index (κ1) is 16.2. The van der Waals surface area contributed by atoms with Crippen molar-refractivity contribution in [2.75, 3.05) is 18.0 Å². The fourth-order valence-corrected chi connectivity index (χ4v) is 3.06. The van der Waals surface area contributed by atoms with Crippen molar-refractivity contribution in [3.8, 4) is 0 Å². The number of anilines is 1. The van der Waals surface area contributed by atoms with E-state index in [-0.39, 0.29) is 11.8 Å². The van der Waals surface area contributed by atoms with Gasteiger partial charge in [0, 0.05) is 18.8 Å². The van der Waals surface area contributed by atoms with E-state index in [1.165, 1.54) is 5.56 Å². The molecule has 1 N–H and O–H groups in total. The molecule has 0 saturated carbocycles. The van der Waals surface area contributed by atoms with Gasteiger partial charge in [-0.25, -0.2) is 0 Å². The first-order valence-electron chi connectivity index (χ1n) is 8.44. The molecular formula is C20H22N2O2. The number of benzene rings is 2. The van der Waals surface area contributed by atoms with E-state index >= 15 is 0 Å². The summed E-state index contributed by atoms with van der Waals surface area (Å²) in [6.07, 6.45) is 2.38. The van der Waals surface area contributed by atoms with E-state index in [9.17, 15) is 9.59 Å². The van der Waals surface area contributed by atoms with Crippen molar-refractivity contribution in [1.29, 1.82) is 0 Å². The van der Waals surface area contributed by atoms with E-state index in [1.54, 1.807) is 4.90 Å². The van der Waals surface area contributed by atoms with Gasteiger partial charge in [0.05, 0.1) is 0 Å². The highest BCUT2D eigenvalue weighted by atomic mass is 16.2. The minimum Gasteiger partial charge on any atom is -0.355 e. The number of carbonyl (C=O) groups is 2. The van der Waals surface area contributed by atoms with Crippen LogP contribution >= 0.6 is 0 Å². The van der Waals surface area contributed by atoms with Crippen LogP contribution < -0.4 is 10.2 Å². The van der Waals surface area contributed by atoms with Gasteiger partial charge in [0.1, 0.15) is 5.92 Å². The maximum atomic E-state index is 12.5. The second-order valence-corrected chi connectivity index (χ2v) is 6.05. The lowest BCUT2D eigenvalue weighted by atomic mass is 10.1. The van der Waals surface area contributed by atoms with Gasteiger partial charge in [0.25, 0.3) is 0 Å². The third-order valence-electron chi connectivity index (χ3n) is 4.37. The molecule has 1 aliphatic rings. The van der Waals surface area contributed by atoms with Gasteiger partial charge in [-0.1, -0.05) is 48.5 Å². The average molecular weight is 322 g/mol. The Morgan fingerprint density at radius 3 is 2.42 bits per heavy atom. The lowest BCUT2D eigenvalue weighted by Gasteiger charge is -2.16. The number of amides is 2. The standard InChI is InChI=1S/C20H22N2O2/c23-19(21-14-7-10-16-8-3-1-4-9-16)18-13-15-22(20(18)24)17-11-5-2-6-12-17/h1-6,8-9,11-12,18H,7,10,13-15H2,(H,21,23)/t18-/m0/s1. The number of aryl methyl sites for hydroxylation is 1. The van der Waals surface area contributed by atoms with Crippen LogP contribution in [0, 0.1) is 5.92 Å². The number of nitrogens with one attached hydrogen (secondary N) is 1. The lowest BCUT2D eigenvalue weighted by Crippen LogP contribution is -2.37. The van der Waals surface area contributed by atoms with E-state index in [0.717, 1.165) is 18.5 Å². The highest BCUT2D eigenvalue weighted by Crippen LogP contribution is 2.25. The molecule has 2 aromatic carbocycles. The van der Waals surface area contributed by atoms with Crippen LogP contribution in [0.25, 0.3) is 0 Å². The summed E-state index contributed by atoms with van der Waals surface area (Å²) >= 11 is 0. The van der Waals surface area contributed by atoms with Crippen molar-refractivity contribution in [2.24, 2.45) is 5.92 Å². The highest BCUT2D eigenvalue weighted by molar-refractivity contribution is 6.09. The van der Waals surface area contributed by atoms with Crippen LogP contribution in [-0.2, 0) is 16.0 Å². The normalized spacial score (nSPS) is 17.1. The molecule has 1 aliphatic heterocycles. The highest BCUT2D eigenvalue weighted by Gasteiger charge is 2.37. The molecule has 0 aliphatic carbocycles. The van der Waals surface area contributed by atoms with Crippen molar-refractivity contribution in [1.82, 2.24) is 5.32 Å². The summed E-state index contributed by atoms with van der Waals surface area (Å²) in [4.78, 5) is 26.5. The number of hydrogen-bond acceptors (Lipinski definition) is 2. The van der Waals surface area contributed by atoms with E-state index in [0.29, 0.717) is 19.5 Å². The molecule has 3 rings (SSSR count). The van der Waals surface area contributed by atoms with Crippen LogP contribution in [-0.4, -0.2) is 24.9 Å². The predicted molar refractivity (Wildman–Crippen MR) is 94.7 cm³/mol. The molecule has 2 amide bonds. The third-order valence-corrected chi connectivity index (χ3v) is 4.37. The van der Waals surface area contributed by atoms with Crippen molar-refractivity contribution >= 4 is 17.5 Å². The molecule has 1 atom stereocenters. The van der Waals surface area contributed by atoms with Crippen LogP contribution in [0.2, 0.25) is 0 Å². The molecule has 4 nitrogen and oxygen atoms in total. The maximum absolute atomic E-state index is 12.5.